The van der Waals surface area contributed by atoms with E-state index in [0.29, 0.717) is 19.6 Å². The quantitative estimate of drug-likeness (QED) is 0.0756. The van der Waals surface area contributed by atoms with Gasteiger partial charge in [0.25, 0.3) is 0 Å². The lowest BCUT2D eigenvalue weighted by molar-refractivity contribution is -0.154. The molecule has 0 saturated carbocycles. The number of hydrogen-bond donors (Lipinski definition) is 4. The molecular weight excluding hydrogens is 437 g/mol. The van der Waals surface area contributed by atoms with Crippen molar-refractivity contribution < 1.29 is 26.9 Å². The first-order valence-electron chi connectivity index (χ1n) is 6.73. The Balaban J connectivity index is 4.30. The molecule has 0 heterocycles. The Labute approximate surface area is 149 Å². The third-order valence-corrected chi connectivity index (χ3v) is 3.14. The van der Waals surface area contributed by atoms with Crippen LogP contribution in [0.3, 0.4) is 0 Å². The maximum Gasteiger partial charge on any atom is 0.450 e. The van der Waals surface area contributed by atoms with Crippen LogP contribution in [0.1, 0.15) is 12.8 Å². The van der Waals surface area contributed by atoms with Gasteiger partial charge in [-0.1, -0.05) is 0 Å². The zero-order valence-electron chi connectivity index (χ0n) is 13.0. The molecule has 0 aliphatic heterocycles. The zero-order valence-corrected chi connectivity index (χ0v) is 15.1. The van der Waals surface area contributed by atoms with E-state index in [4.69, 9.17) is 37.7 Å². The molecule has 0 aliphatic carbocycles. The summed E-state index contributed by atoms with van der Waals surface area (Å²) in [7, 11) is 0. The third-order valence-electron chi connectivity index (χ3n) is 2.39. The fraction of sp³-hybridized carbons (Fsp3) is 0.583. The second-order valence-electron chi connectivity index (χ2n) is 4.26. The van der Waals surface area contributed by atoms with E-state index in [9.17, 15) is 9.59 Å². The smallest absolute Gasteiger partial charge is 0.450 e. The van der Waals surface area contributed by atoms with E-state index in [1.807, 2.05) is 0 Å². The van der Waals surface area contributed by atoms with Crippen molar-refractivity contribution in [3.63, 3.8) is 0 Å². The molecule has 0 aromatic heterocycles. The Morgan fingerprint density at radius 2 is 1.83 bits per heavy atom. The van der Waals surface area contributed by atoms with Gasteiger partial charge in [0.05, 0.1) is 13.2 Å². The highest BCUT2D eigenvalue weighted by atomic mass is 127. The number of unbranched alkanes of at least 4 members (excludes halogenated alkanes) is 1. The van der Waals surface area contributed by atoms with E-state index >= 15 is 0 Å². The second-order valence-corrected chi connectivity index (χ2v) is 5.32. The van der Waals surface area contributed by atoms with E-state index < -0.39 is 51.2 Å². The molecule has 1 unspecified atom stereocenters. The summed E-state index contributed by atoms with van der Waals surface area (Å²) in [6, 6.07) is 0. The molecule has 0 fully saturated rings. The minimum absolute atomic E-state index is 0.0556. The molecule has 0 spiro atoms. The Bertz CT molecular complexity index is 508. The van der Waals surface area contributed by atoms with E-state index in [0.717, 1.165) is 6.42 Å². The standard InChI is InChI=1S/C12H20IN5O6/c1-18-10(16)12(20)22-7-8(24-11(19)9(14)15)6-21-4-2-3-5-23-13-17/h8,16-17H,1-7H2,(H3,14,15)/p+1. The third kappa shape index (κ3) is 10.8. The van der Waals surface area contributed by atoms with Crippen molar-refractivity contribution in [2.75, 3.05) is 26.4 Å². The predicted molar refractivity (Wildman–Crippen MR) is 93.9 cm³/mol. The number of rotatable bonds is 11. The summed E-state index contributed by atoms with van der Waals surface area (Å²) >= 11 is -0.918. The topological polar surface area (TPSA) is 185 Å². The second kappa shape index (κ2) is 13.5. The molecule has 11 nitrogen and oxygen atoms in total. The van der Waals surface area contributed by atoms with Gasteiger partial charge in [0.2, 0.25) is 5.84 Å². The number of amidine groups is 2. The summed E-state index contributed by atoms with van der Waals surface area (Å²) in [4.78, 5) is 22.7. The van der Waals surface area contributed by atoms with Crippen LogP contribution in [0, 0.1) is 8.97 Å². The molecule has 0 bridgehead atoms. The summed E-state index contributed by atoms with van der Waals surface area (Å²) in [6.07, 6.45) is 0.485. The highest BCUT2D eigenvalue weighted by Gasteiger charge is 2.22. The first-order valence-corrected chi connectivity index (χ1v) is 8.69. The molecule has 0 aromatic rings. The molecule has 0 aliphatic rings. The van der Waals surface area contributed by atoms with Crippen molar-refractivity contribution in [3.05, 3.63) is 0 Å². The Hall–Kier alpha value is -1.89. The average Bonchev–Trinajstić information content (AvgIpc) is 2.57. The number of carbonyl (C=O) groups is 2. The van der Waals surface area contributed by atoms with Crippen LogP contribution >= 0.6 is 21.4 Å². The average molecular weight is 458 g/mol. The largest absolute Gasteiger partial charge is 0.452 e. The van der Waals surface area contributed by atoms with E-state index in [1.165, 1.54) is 0 Å². The molecular formula is C12H21IN5O6+. The molecule has 0 radical (unpaired) electrons. The number of esters is 2. The van der Waals surface area contributed by atoms with E-state index in [1.54, 1.807) is 0 Å². The number of nitrogens with two attached hydrogens (primary N) is 2. The molecule has 0 amide bonds. The lowest BCUT2D eigenvalue weighted by Gasteiger charge is -2.17. The van der Waals surface area contributed by atoms with Crippen LogP contribution in [0.4, 0.5) is 0 Å². The predicted octanol–water partition coefficient (Wildman–Crippen LogP) is -1.04. The fourth-order valence-electron chi connectivity index (χ4n) is 1.25. The van der Waals surface area contributed by atoms with Crippen molar-refractivity contribution in [3.8, 4) is 0 Å². The molecule has 136 valence electrons. The number of ether oxygens (including phenoxy) is 3. The van der Waals surface area contributed by atoms with Crippen LogP contribution in [-0.4, -0.2) is 62.9 Å². The first kappa shape index (κ1) is 22.1. The lowest BCUT2D eigenvalue weighted by Crippen LogP contribution is -2.37. The normalized spacial score (nSPS) is 11.2. The van der Waals surface area contributed by atoms with Crippen LogP contribution in [0.2, 0.25) is 0 Å². The van der Waals surface area contributed by atoms with Crippen molar-refractivity contribution >= 4 is 51.8 Å². The molecule has 0 aromatic carbocycles. The SMILES string of the molecule is C=[N+]=C(N)C(=O)OCC(COCCCCOI=N)OC(=O)C(=N)N. The summed E-state index contributed by atoms with van der Waals surface area (Å²) in [5, 5.41) is 7.00. The first-order chi connectivity index (χ1) is 11.4. The van der Waals surface area contributed by atoms with E-state index in [2.05, 4.69) is 11.4 Å². The maximum atomic E-state index is 11.4. The monoisotopic (exact) mass is 458 g/mol. The molecule has 1 atom stereocenters. The van der Waals surface area contributed by atoms with Crippen molar-refractivity contribution in [2.24, 2.45) is 11.5 Å². The summed E-state index contributed by atoms with van der Waals surface area (Å²) in [6.45, 7) is 3.57. The molecule has 6 N–H and O–H groups in total. The van der Waals surface area contributed by atoms with Crippen LogP contribution < -0.4 is 16.1 Å². The fourth-order valence-corrected chi connectivity index (χ4v) is 1.78. The van der Waals surface area contributed by atoms with Gasteiger partial charge >= 0.3 is 17.8 Å². The minimum Gasteiger partial charge on any atom is -0.452 e. The number of halogens is 1. The van der Waals surface area contributed by atoms with Gasteiger partial charge in [-0.25, -0.2) is 14.3 Å². The molecule has 0 saturated heterocycles. The number of carbonyl (C=O) groups excluding carboxylic acids is 2. The Morgan fingerprint density at radius 3 is 2.42 bits per heavy atom. The van der Waals surface area contributed by atoms with Crippen LogP contribution in [0.15, 0.2) is 0 Å². The van der Waals surface area contributed by atoms with Gasteiger partial charge < -0.3 is 23.0 Å². The maximum absolute atomic E-state index is 11.4. The van der Waals surface area contributed by atoms with Gasteiger partial charge in [-0.15, -0.1) is 0 Å². The molecule has 12 heteroatoms. The molecule has 0 rings (SSSR count). The van der Waals surface area contributed by atoms with Gasteiger partial charge in [0.15, 0.2) is 34.3 Å². The van der Waals surface area contributed by atoms with Crippen molar-refractivity contribution in [1.29, 1.82) is 8.97 Å². The lowest BCUT2D eigenvalue weighted by atomic mass is 10.3. The van der Waals surface area contributed by atoms with Crippen LogP contribution in [-0.2, 0) is 26.9 Å². The summed E-state index contributed by atoms with van der Waals surface area (Å²) in [5.41, 5.74) is 10.2. The molecule has 24 heavy (non-hydrogen) atoms. The van der Waals surface area contributed by atoms with Gasteiger partial charge in [-0.05, 0) is 12.8 Å². The summed E-state index contributed by atoms with van der Waals surface area (Å²) < 4.78 is 30.1. The van der Waals surface area contributed by atoms with E-state index in [-0.39, 0.29) is 13.2 Å². The Morgan fingerprint density at radius 1 is 1.17 bits per heavy atom. The van der Waals surface area contributed by atoms with Crippen molar-refractivity contribution in [1.82, 2.24) is 4.67 Å². The van der Waals surface area contributed by atoms with Gasteiger partial charge in [-0.3, -0.25) is 14.7 Å². The number of hydrogen-bond acceptors (Lipinski definition) is 8. The minimum atomic E-state index is -1.05. The van der Waals surface area contributed by atoms with Gasteiger partial charge in [-0.2, -0.15) is 0 Å². The number of nitrogens with zero attached hydrogens (tertiary/aromatic N) is 1. The van der Waals surface area contributed by atoms with Crippen LogP contribution in [0.5, 0.6) is 0 Å². The summed E-state index contributed by atoms with van der Waals surface area (Å²) in [5.74, 6) is -3.17. The number of nitrogens with one attached hydrogen (secondary N) is 2. The zero-order chi connectivity index (χ0) is 18.4. The highest BCUT2D eigenvalue weighted by molar-refractivity contribution is 14.1. The van der Waals surface area contributed by atoms with Crippen LogP contribution in [0.25, 0.3) is 0 Å². The highest BCUT2D eigenvalue weighted by Crippen LogP contribution is 2.02. The Kier molecular flexibility index (Phi) is 12.5. The van der Waals surface area contributed by atoms with Gasteiger partial charge in [0, 0.05) is 6.61 Å². The van der Waals surface area contributed by atoms with Gasteiger partial charge in [0.1, 0.15) is 6.61 Å². The van der Waals surface area contributed by atoms with Crippen molar-refractivity contribution in [2.45, 2.75) is 18.9 Å².